The summed E-state index contributed by atoms with van der Waals surface area (Å²) >= 11 is 0. The second-order valence-electron chi connectivity index (χ2n) is 7.59. The van der Waals surface area contributed by atoms with Crippen molar-refractivity contribution in [2.24, 2.45) is 7.05 Å². The molecule has 1 aromatic heterocycles. The Balaban J connectivity index is 1.50. The monoisotopic (exact) mass is 371 g/mol. The maximum Gasteiger partial charge on any atom is 0.222 e. The number of rotatable bonds is 6. The molecule has 7 heteroatoms. The first-order chi connectivity index (χ1) is 12.9. The minimum Gasteiger partial charge on any atom is -0.508 e. The maximum absolute atomic E-state index is 12.5. The number of hydrogen-bond acceptors (Lipinski definition) is 5. The van der Waals surface area contributed by atoms with Gasteiger partial charge in [0.1, 0.15) is 17.4 Å². The van der Waals surface area contributed by atoms with Gasteiger partial charge < -0.3 is 19.5 Å². The predicted octanol–water partition coefficient (Wildman–Crippen LogP) is 1.92. The van der Waals surface area contributed by atoms with Gasteiger partial charge in [-0.1, -0.05) is 12.1 Å². The molecule has 1 N–H and O–H groups in total. The van der Waals surface area contributed by atoms with Crippen LogP contribution in [0.5, 0.6) is 5.75 Å². The van der Waals surface area contributed by atoms with Gasteiger partial charge in [0.15, 0.2) is 0 Å². The standard InChI is InChI=1S/C20H29N5O2/c1-23(2)14-18-21-22-20(24(18)3)16-10-12-25(13-11-16)19(27)9-6-15-4-7-17(26)8-5-15/h4-5,7-8,16,26H,6,9-14H2,1-3H3. The van der Waals surface area contributed by atoms with Crippen LogP contribution in [-0.2, 0) is 24.8 Å². The van der Waals surface area contributed by atoms with Crippen molar-refractivity contribution in [2.45, 2.75) is 38.1 Å². The molecule has 1 amide bonds. The van der Waals surface area contributed by atoms with Gasteiger partial charge in [0, 0.05) is 32.5 Å². The molecule has 2 heterocycles. The number of likely N-dealkylation sites (tertiary alicyclic amines) is 1. The minimum absolute atomic E-state index is 0.202. The molecule has 0 unspecified atom stereocenters. The van der Waals surface area contributed by atoms with Gasteiger partial charge in [0.25, 0.3) is 0 Å². The van der Waals surface area contributed by atoms with E-state index in [-0.39, 0.29) is 11.7 Å². The SMILES string of the molecule is CN(C)Cc1nnc(C2CCN(C(=O)CCc3ccc(O)cc3)CC2)n1C. The first-order valence-corrected chi connectivity index (χ1v) is 9.52. The number of hydrogen-bond donors (Lipinski definition) is 1. The van der Waals surface area contributed by atoms with Crippen LogP contribution < -0.4 is 0 Å². The largest absolute Gasteiger partial charge is 0.508 e. The van der Waals surface area contributed by atoms with E-state index in [0.717, 1.165) is 49.7 Å². The molecule has 1 aliphatic heterocycles. The highest BCUT2D eigenvalue weighted by Gasteiger charge is 2.27. The van der Waals surface area contributed by atoms with E-state index in [1.807, 2.05) is 38.2 Å². The van der Waals surface area contributed by atoms with Crippen LogP contribution in [0.3, 0.4) is 0 Å². The summed E-state index contributed by atoms with van der Waals surface area (Å²) in [6.07, 6.45) is 3.07. The average Bonchev–Trinajstić information content (AvgIpc) is 3.01. The van der Waals surface area contributed by atoms with Crippen LogP contribution in [-0.4, -0.2) is 62.8 Å². The Morgan fingerprint density at radius 3 is 2.48 bits per heavy atom. The third kappa shape index (κ3) is 4.86. The van der Waals surface area contributed by atoms with Crippen LogP contribution in [0.25, 0.3) is 0 Å². The number of benzene rings is 1. The van der Waals surface area contributed by atoms with Crippen molar-refractivity contribution in [1.82, 2.24) is 24.6 Å². The van der Waals surface area contributed by atoms with Crippen molar-refractivity contribution in [2.75, 3.05) is 27.2 Å². The van der Waals surface area contributed by atoms with E-state index in [1.165, 1.54) is 0 Å². The molecule has 0 spiro atoms. The lowest BCUT2D eigenvalue weighted by Gasteiger charge is -2.31. The number of amides is 1. The van der Waals surface area contributed by atoms with Crippen molar-refractivity contribution in [1.29, 1.82) is 0 Å². The lowest BCUT2D eigenvalue weighted by atomic mass is 9.95. The maximum atomic E-state index is 12.5. The van der Waals surface area contributed by atoms with Gasteiger partial charge in [-0.2, -0.15) is 0 Å². The Labute approximate surface area is 160 Å². The molecule has 1 saturated heterocycles. The predicted molar refractivity (Wildman–Crippen MR) is 103 cm³/mol. The van der Waals surface area contributed by atoms with Crippen LogP contribution in [0.1, 0.15) is 42.4 Å². The number of nitrogens with zero attached hydrogens (tertiary/aromatic N) is 5. The summed E-state index contributed by atoms with van der Waals surface area (Å²) in [5.74, 6) is 2.82. The molecular formula is C20H29N5O2. The Kier molecular flexibility index (Phi) is 6.11. The fraction of sp³-hybridized carbons (Fsp3) is 0.550. The van der Waals surface area contributed by atoms with E-state index in [9.17, 15) is 9.90 Å². The highest BCUT2D eigenvalue weighted by Crippen LogP contribution is 2.27. The molecule has 1 aromatic carbocycles. The Hall–Kier alpha value is -2.41. The van der Waals surface area contributed by atoms with Crippen molar-refractivity contribution < 1.29 is 9.90 Å². The quantitative estimate of drug-likeness (QED) is 0.840. The fourth-order valence-electron chi connectivity index (χ4n) is 3.61. The molecule has 146 valence electrons. The summed E-state index contributed by atoms with van der Waals surface area (Å²) in [7, 11) is 6.08. The lowest BCUT2D eigenvalue weighted by molar-refractivity contribution is -0.132. The topological polar surface area (TPSA) is 74.5 Å². The molecular weight excluding hydrogens is 342 g/mol. The Morgan fingerprint density at radius 1 is 1.19 bits per heavy atom. The summed E-state index contributed by atoms with van der Waals surface area (Å²) in [6.45, 7) is 2.32. The molecule has 0 saturated carbocycles. The van der Waals surface area contributed by atoms with Gasteiger partial charge in [-0.15, -0.1) is 10.2 Å². The second-order valence-corrected chi connectivity index (χ2v) is 7.59. The minimum atomic E-state index is 0.202. The molecule has 0 aliphatic carbocycles. The zero-order chi connectivity index (χ0) is 19.4. The van der Waals surface area contributed by atoms with Crippen LogP contribution in [0.2, 0.25) is 0 Å². The normalized spacial score (nSPS) is 15.5. The van der Waals surface area contributed by atoms with Crippen molar-refractivity contribution in [3.63, 3.8) is 0 Å². The number of piperidine rings is 1. The molecule has 2 aromatic rings. The summed E-state index contributed by atoms with van der Waals surface area (Å²) < 4.78 is 2.10. The Morgan fingerprint density at radius 2 is 1.85 bits per heavy atom. The van der Waals surface area contributed by atoms with Crippen LogP contribution in [0, 0.1) is 0 Å². The van der Waals surface area contributed by atoms with Gasteiger partial charge >= 0.3 is 0 Å². The molecule has 3 rings (SSSR count). The summed E-state index contributed by atoms with van der Waals surface area (Å²) in [6, 6.07) is 7.07. The summed E-state index contributed by atoms with van der Waals surface area (Å²) in [5.41, 5.74) is 1.07. The lowest BCUT2D eigenvalue weighted by Crippen LogP contribution is -2.38. The third-order valence-corrected chi connectivity index (χ3v) is 5.23. The number of aromatic nitrogens is 3. The van der Waals surface area contributed by atoms with Crippen molar-refractivity contribution in [3.05, 3.63) is 41.5 Å². The number of carbonyl (C=O) groups is 1. The molecule has 7 nitrogen and oxygen atoms in total. The highest BCUT2D eigenvalue weighted by molar-refractivity contribution is 5.76. The first kappa shape index (κ1) is 19.4. The molecule has 1 aliphatic rings. The molecule has 1 fully saturated rings. The van der Waals surface area contributed by atoms with Crippen LogP contribution in [0.15, 0.2) is 24.3 Å². The van der Waals surface area contributed by atoms with E-state index in [0.29, 0.717) is 18.8 Å². The van der Waals surface area contributed by atoms with Gasteiger partial charge in [-0.3, -0.25) is 4.79 Å². The Bertz CT molecular complexity index is 761. The molecule has 0 bridgehead atoms. The van der Waals surface area contributed by atoms with Crippen molar-refractivity contribution in [3.8, 4) is 5.75 Å². The summed E-state index contributed by atoms with van der Waals surface area (Å²) in [5, 5.41) is 18.1. The van der Waals surface area contributed by atoms with E-state index in [1.54, 1.807) is 12.1 Å². The molecule has 27 heavy (non-hydrogen) atoms. The van der Waals surface area contributed by atoms with Gasteiger partial charge in [-0.25, -0.2) is 0 Å². The number of phenols is 1. The van der Waals surface area contributed by atoms with Gasteiger partial charge in [0.2, 0.25) is 5.91 Å². The van der Waals surface area contributed by atoms with Crippen molar-refractivity contribution >= 4 is 5.91 Å². The smallest absolute Gasteiger partial charge is 0.222 e. The summed E-state index contributed by atoms with van der Waals surface area (Å²) in [4.78, 5) is 16.6. The highest BCUT2D eigenvalue weighted by atomic mass is 16.3. The molecule has 0 radical (unpaired) electrons. The number of aryl methyl sites for hydroxylation is 1. The van der Waals surface area contributed by atoms with Crippen LogP contribution in [0.4, 0.5) is 0 Å². The average molecular weight is 371 g/mol. The van der Waals surface area contributed by atoms with E-state index in [4.69, 9.17) is 0 Å². The van der Waals surface area contributed by atoms with Gasteiger partial charge in [-0.05, 0) is 51.1 Å². The van der Waals surface area contributed by atoms with E-state index >= 15 is 0 Å². The van der Waals surface area contributed by atoms with E-state index in [2.05, 4.69) is 19.7 Å². The molecule has 0 atom stereocenters. The van der Waals surface area contributed by atoms with E-state index < -0.39 is 0 Å². The number of aromatic hydroxyl groups is 1. The van der Waals surface area contributed by atoms with Gasteiger partial charge in [0.05, 0.1) is 6.54 Å². The zero-order valence-corrected chi connectivity index (χ0v) is 16.4. The third-order valence-electron chi connectivity index (χ3n) is 5.23. The first-order valence-electron chi connectivity index (χ1n) is 9.52. The number of carbonyl (C=O) groups excluding carboxylic acids is 1. The number of phenolic OH excluding ortho intramolecular Hbond substituents is 1. The second kappa shape index (κ2) is 8.52. The zero-order valence-electron chi connectivity index (χ0n) is 16.4. The fourth-order valence-corrected chi connectivity index (χ4v) is 3.61. The van der Waals surface area contributed by atoms with Crippen LogP contribution >= 0.6 is 0 Å².